The third-order valence-electron chi connectivity index (χ3n) is 4.76. The number of benzene rings is 1. The van der Waals surface area contributed by atoms with Crippen LogP contribution in [0.4, 0.5) is 0 Å². The summed E-state index contributed by atoms with van der Waals surface area (Å²) in [5.41, 5.74) is 0.967. The third-order valence-corrected chi connectivity index (χ3v) is 4.76. The molecule has 1 aliphatic rings. The van der Waals surface area contributed by atoms with Gasteiger partial charge in [-0.2, -0.15) is 5.10 Å². The molecule has 0 spiro atoms. The number of amides is 1. The SMILES string of the molecule is C[C@@H]1CCCC[C@H]1NC(=O)[C@@H](C)OC(=O)c1n[nH]c2ccccc12. The van der Waals surface area contributed by atoms with Crippen molar-refractivity contribution in [3.63, 3.8) is 0 Å². The lowest BCUT2D eigenvalue weighted by Crippen LogP contribution is -2.46. The fourth-order valence-electron chi connectivity index (χ4n) is 3.22. The Balaban J connectivity index is 1.62. The number of hydrogen-bond acceptors (Lipinski definition) is 4. The molecule has 3 atom stereocenters. The first-order valence-electron chi connectivity index (χ1n) is 8.50. The largest absolute Gasteiger partial charge is 0.448 e. The number of carbonyl (C=O) groups excluding carboxylic acids is 2. The Kier molecular flexibility index (Phi) is 4.83. The number of ether oxygens (including phenoxy) is 1. The van der Waals surface area contributed by atoms with Crippen LogP contribution in [-0.2, 0) is 9.53 Å². The number of nitrogens with zero attached hydrogens (tertiary/aromatic N) is 1. The van der Waals surface area contributed by atoms with Gasteiger partial charge in [0.05, 0.1) is 5.52 Å². The molecule has 3 rings (SSSR count). The molecule has 0 saturated heterocycles. The first kappa shape index (κ1) is 16.5. The van der Waals surface area contributed by atoms with Gasteiger partial charge in [-0.25, -0.2) is 4.79 Å². The number of aromatic amines is 1. The number of esters is 1. The molecule has 2 N–H and O–H groups in total. The van der Waals surface area contributed by atoms with E-state index in [-0.39, 0.29) is 17.6 Å². The van der Waals surface area contributed by atoms with E-state index in [1.807, 2.05) is 18.2 Å². The van der Waals surface area contributed by atoms with Gasteiger partial charge in [0, 0.05) is 11.4 Å². The number of fused-ring (bicyclic) bond motifs is 1. The molecule has 1 heterocycles. The molecule has 1 aliphatic carbocycles. The zero-order valence-electron chi connectivity index (χ0n) is 14.0. The van der Waals surface area contributed by atoms with E-state index in [1.54, 1.807) is 13.0 Å². The molecule has 1 aromatic heterocycles. The van der Waals surface area contributed by atoms with E-state index in [9.17, 15) is 9.59 Å². The van der Waals surface area contributed by atoms with Crippen LogP contribution in [0.25, 0.3) is 10.9 Å². The lowest BCUT2D eigenvalue weighted by Gasteiger charge is -2.30. The first-order valence-corrected chi connectivity index (χ1v) is 8.50. The minimum absolute atomic E-state index is 0.165. The van der Waals surface area contributed by atoms with Crippen molar-refractivity contribution in [3.05, 3.63) is 30.0 Å². The lowest BCUT2D eigenvalue weighted by molar-refractivity contribution is -0.130. The average Bonchev–Trinajstić information content (AvgIpc) is 3.01. The zero-order valence-corrected chi connectivity index (χ0v) is 14.0. The molecule has 6 heteroatoms. The van der Waals surface area contributed by atoms with Crippen molar-refractivity contribution in [3.8, 4) is 0 Å². The Hall–Kier alpha value is -2.37. The fraction of sp³-hybridized carbons (Fsp3) is 0.500. The minimum Gasteiger partial charge on any atom is -0.448 e. The predicted molar refractivity (Wildman–Crippen MR) is 90.5 cm³/mol. The molecule has 1 amide bonds. The molecular weight excluding hydrogens is 306 g/mol. The standard InChI is InChI=1S/C18H23N3O3/c1-11-7-3-5-9-14(11)19-17(22)12(2)24-18(23)16-13-8-4-6-10-15(13)20-21-16/h4,6,8,10-12,14H,3,5,7,9H2,1-2H3,(H,19,22)(H,20,21)/t11-,12-,14-/m1/s1. The third kappa shape index (κ3) is 3.42. The van der Waals surface area contributed by atoms with Crippen LogP contribution in [0.1, 0.15) is 50.0 Å². The highest BCUT2D eigenvalue weighted by Crippen LogP contribution is 2.24. The van der Waals surface area contributed by atoms with Gasteiger partial charge in [-0.15, -0.1) is 0 Å². The van der Waals surface area contributed by atoms with Gasteiger partial charge in [-0.05, 0) is 31.7 Å². The van der Waals surface area contributed by atoms with Crippen LogP contribution in [0.5, 0.6) is 0 Å². The second-order valence-corrected chi connectivity index (χ2v) is 6.54. The van der Waals surface area contributed by atoms with Crippen molar-refractivity contribution in [2.75, 3.05) is 0 Å². The lowest BCUT2D eigenvalue weighted by atomic mass is 9.86. The molecule has 1 fully saturated rings. The van der Waals surface area contributed by atoms with E-state index in [0.29, 0.717) is 11.3 Å². The van der Waals surface area contributed by atoms with E-state index in [0.717, 1.165) is 24.8 Å². The van der Waals surface area contributed by atoms with Crippen LogP contribution < -0.4 is 5.32 Å². The summed E-state index contributed by atoms with van der Waals surface area (Å²) in [6.45, 7) is 3.74. The summed E-state index contributed by atoms with van der Waals surface area (Å²) in [4.78, 5) is 24.6. The topological polar surface area (TPSA) is 84.1 Å². The number of hydrogen-bond donors (Lipinski definition) is 2. The van der Waals surface area contributed by atoms with Crippen LogP contribution in [-0.4, -0.2) is 34.2 Å². The molecule has 6 nitrogen and oxygen atoms in total. The summed E-state index contributed by atoms with van der Waals surface area (Å²) in [6.07, 6.45) is 3.60. The van der Waals surface area contributed by atoms with Gasteiger partial charge >= 0.3 is 5.97 Å². The molecule has 0 aliphatic heterocycles. The number of rotatable bonds is 4. The van der Waals surface area contributed by atoms with E-state index in [2.05, 4.69) is 22.4 Å². The van der Waals surface area contributed by atoms with Gasteiger partial charge in [-0.3, -0.25) is 9.89 Å². The molecule has 128 valence electrons. The Morgan fingerprint density at radius 3 is 2.83 bits per heavy atom. The average molecular weight is 329 g/mol. The summed E-state index contributed by atoms with van der Waals surface area (Å²) in [5.74, 6) is -0.380. The number of H-pyrrole nitrogens is 1. The van der Waals surface area contributed by atoms with Crippen molar-refractivity contribution in [1.29, 1.82) is 0 Å². The maximum atomic E-state index is 12.3. The quantitative estimate of drug-likeness (QED) is 0.845. The predicted octanol–water partition coefficient (Wildman–Crippen LogP) is 2.80. The molecular formula is C18H23N3O3. The fourth-order valence-corrected chi connectivity index (χ4v) is 3.22. The maximum absolute atomic E-state index is 12.3. The Morgan fingerprint density at radius 1 is 1.29 bits per heavy atom. The molecule has 24 heavy (non-hydrogen) atoms. The van der Waals surface area contributed by atoms with Gasteiger partial charge in [0.25, 0.3) is 5.91 Å². The normalized spacial score (nSPS) is 22.1. The minimum atomic E-state index is -0.845. The highest BCUT2D eigenvalue weighted by Gasteiger charge is 2.27. The Bertz CT molecular complexity index is 740. The Labute approximate surface area is 141 Å². The summed E-state index contributed by atoms with van der Waals surface area (Å²) < 4.78 is 5.31. The van der Waals surface area contributed by atoms with Gasteiger partial charge in [0.1, 0.15) is 0 Å². The number of carbonyl (C=O) groups is 2. The molecule has 0 radical (unpaired) electrons. The number of aromatic nitrogens is 2. The van der Waals surface area contributed by atoms with Crippen molar-refractivity contribution < 1.29 is 14.3 Å². The van der Waals surface area contributed by atoms with E-state index in [4.69, 9.17) is 4.74 Å². The molecule has 1 aromatic carbocycles. The van der Waals surface area contributed by atoms with Crippen molar-refractivity contribution in [1.82, 2.24) is 15.5 Å². The van der Waals surface area contributed by atoms with Crippen LogP contribution in [0.2, 0.25) is 0 Å². The van der Waals surface area contributed by atoms with Gasteiger partial charge in [0.2, 0.25) is 0 Å². The van der Waals surface area contributed by atoms with Crippen molar-refractivity contribution in [2.24, 2.45) is 5.92 Å². The molecule has 1 saturated carbocycles. The van der Waals surface area contributed by atoms with Gasteiger partial charge < -0.3 is 10.1 Å². The maximum Gasteiger partial charge on any atom is 0.360 e. The van der Waals surface area contributed by atoms with Crippen molar-refractivity contribution >= 4 is 22.8 Å². The first-order chi connectivity index (χ1) is 11.6. The summed E-state index contributed by atoms with van der Waals surface area (Å²) in [6, 6.07) is 7.48. The van der Waals surface area contributed by atoms with Gasteiger partial charge in [-0.1, -0.05) is 38.0 Å². The van der Waals surface area contributed by atoms with Crippen LogP contribution in [0.15, 0.2) is 24.3 Å². The second-order valence-electron chi connectivity index (χ2n) is 6.54. The second kappa shape index (κ2) is 7.03. The highest BCUT2D eigenvalue weighted by molar-refractivity contribution is 6.02. The van der Waals surface area contributed by atoms with Crippen molar-refractivity contribution in [2.45, 2.75) is 51.7 Å². The van der Waals surface area contributed by atoms with E-state index in [1.165, 1.54) is 6.42 Å². The highest BCUT2D eigenvalue weighted by atomic mass is 16.5. The Morgan fingerprint density at radius 2 is 2.04 bits per heavy atom. The van der Waals surface area contributed by atoms with E-state index < -0.39 is 12.1 Å². The monoisotopic (exact) mass is 329 g/mol. The van der Waals surface area contributed by atoms with E-state index >= 15 is 0 Å². The van der Waals surface area contributed by atoms with Crippen LogP contribution in [0, 0.1) is 5.92 Å². The summed E-state index contributed by atoms with van der Waals surface area (Å²) in [7, 11) is 0. The smallest absolute Gasteiger partial charge is 0.360 e. The molecule has 0 unspecified atom stereocenters. The number of nitrogens with one attached hydrogen (secondary N) is 2. The summed E-state index contributed by atoms with van der Waals surface area (Å²) >= 11 is 0. The van der Waals surface area contributed by atoms with Crippen LogP contribution in [0.3, 0.4) is 0 Å². The number of para-hydroxylation sites is 1. The molecule has 0 bridgehead atoms. The zero-order chi connectivity index (χ0) is 17.1. The molecule has 2 aromatic rings. The van der Waals surface area contributed by atoms with Crippen LogP contribution >= 0.6 is 0 Å². The summed E-state index contributed by atoms with van der Waals surface area (Å²) in [5, 5.41) is 10.5. The van der Waals surface area contributed by atoms with Gasteiger partial charge in [0.15, 0.2) is 11.8 Å².